The minimum atomic E-state index is -0.0729. The molecule has 0 aliphatic rings. The molecule has 1 heterocycles. The van der Waals surface area contributed by atoms with E-state index in [1.165, 1.54) is 11.1 Å². The van der Waals surface area contributed by atoms with E-state index in [0.717, 1.165) is 60.4 Å². The number of aryl methyl sites for hydroxylation is 4. The molecule has 0 saturated heterocycles. The van der Waals surface area contributed by atoms with Crippen LogP contribution in [0.5, 0.6) is 5.75 Å². The SMILES string of the molecule is Cc1cccc(C)c1OCCCCn1c(CCCNC(=O)/C=C/c2ccccc2)nc2ccccc21. The molecule has 36 heavy (non-hydrogen) atoms. The quantitative estimate of drug-likeness (QED) is 0.192. The molecule has 1 amide bonds. The van der Waals surface area contributed by atoms with Gasteiger partial charge in [0.1, 0.15) is 11.6 Å². The number of aromatic nitrogens is 2. The van der Waals surface area contributed by atoms with Crippen molar-refractivity contribution >= 4 is 23.0 Å². The van der Waals surface area contributed by atoms with Crippen molar-refractivity contribution < 1.29 is 9.53 Å². The number of imidazole rings is 1. The standard InChI is InChI=1S/C31H35N3O2/c1-24-12-10-13-25(2)31(24)36-23-9-8-22-34-28-17-7-6-16-27(28)33-29(34)18-11-21-32-30(35)20-19-26-14-4-3-5-15-26/h3-7,10,12-17,19-20H,8-9,11,18,21-23H2,1-2H3,(H,32,35)/b20-19+. The molecular formula is C31H35N3O2. The Morgan fingerprint density at radius 1 is 0.917 bits per heavy atom. The normalized spacial score (nSPS) is 11.3. The van der Waals surface area contributed by atoms with E-state index in [1.54, 1.807) is 6.08 Å². The summed E-state index contributed by atoms with van der Waals surface area (Å²) in [6.45, 7) is 6.40. The van der Waals surface area contributed by atoms with Gasteiger partial charge < -0.3 is 14.6 Å². The second-order valence-electron chi connectivity index (χ2n) is 9.08. The van der Waals surface area contributed by atoms with Crippen LogP contribution in [0, 0.1) is 13.8 Å². The second kappa shape index (κ2) is 12.7. The van der Waals surface area contributed by atoms with Crippen LogP contribution in [0.2, 0.25) is 0 Å². The summed E-state index contributed by atoms with van der Waals surface area (Å²) in [4.78, 5) is 17.0. The number of unbranched alkanes of at least 4 members (excludes halogenated alkanes) is 1. The Morgan fingerprint density at radius 3 is 2.47 bits per heavy atom. The minimum absolute atomic E-state index is 0.0729. The molecule has 0 saturated carbocycles. The Labute approximate surface area is 213 Å². The maximum atomic E-state index is 12.2. The number of amides is 1. The maximum absolute atomic E-state index is 12.2. The van der Waals surface area contributed by atoms with Crippen molar-refractivity contribution in [2.24, 2.45) is 0 Å². The van der Waals surface area contributed by atoms with Gasteiger partial charge in [0.05, 0.1) is 17.6 Å². The van der Waals surface area contributed by atoms with Crippen LogP contribution in [-0.2, 0) is 17.8 Å². The summed E-state index contributed by atoms with van der Waals surface area (Å²) in [7, 11) is 0. The van der Waals surface area contributed by atoms with Gasteiger partial charge in [0.25, 0.3) is 0 Å². The molecule has 0 aliphatic heterocycles. The zero-order chi connectivity index (χ0) is 25.2. The van der Waals surface area contributed by atoms with E-state index in [-0.39, 0.29) is 5.91 Å². The predicted octanol–water partition coefficient (Wildman–Crippen LogP) is 6.27. The smallest absolute Gasteiger partial charge is 0.243 e. The largest absolute Gasteiger partial charge is 0.493 e. The van der Waals surface area contributed by atoms with E-state index in [4.69, 9.17) is 9.72 Å². The first-order valence-corrected chi connectivity index (χ1v) is 12.8. The number of rotatable bonds is 12. The average Bonchev–Trinajstić information content (AvgIpc) is 3.24. The fourth-order valence-corrected chi connectivity index (χ4v) is 4.39. The van der Waals surface area contributed by atoms with Gasteiger partial charge in [-0.1, -0.05) is 60.7 Å². The molecule has 1 aromatic heterocycles. The van der Waals surface area contributed by atoms with Gasteiger partial charge in [-0.15, -0.1) is 0 Å². The zero-order valence-corrected chi connectivity index (χ0v) is 21.2. The second-order valence-corrected chi connectivity index (χ2v) is 9.08. The van der Waals surface area contributed by atoms with E-state index in [2.05, 4.69) is 60.1 Å². The van der Waals surface area contributed by atoms with Crippen molar-refractivity contribution in [1.29, 1.82) is 0 Å². The number of carbonyl (C=O) groups is 1. The third-order valence-electron chi connectivity index (χ3n) is 6.27. The number of para-hydroxylation sites is 3. The topological polar surface area (TPSA) is 56.1 Å². The molecule has 4 aromatic rings. The van der Waals surface area contributed by atoms with Crippen LogP contribution in [0.3, 0.4) is 0 Å². The van der Waals surface area contributed by atoms with Crippen molar-refractivity contribution in [1.82, 2.24) is 14.9 Å². The highest BCUT2D eigenvalue weighted by atomic mass is 16.5. The van der Waals surface area contributed by atoms with Crippen LogP contribution < -0.4 is 10.1 Å². The molecule has 5 heteroatoms. The lowest BCUT2D eigenvalue weighted by atomic mass is 10.1. The molecule has 0 spiro atoms. The Balaban J connectivity index is 1.27. The van der Waals surface area contributed by atoms with E-state index in [1.807, 2.05) is 42.5 Å². The molecule has 0 aliphatic carbocycles. The van der Waals surface area contributed by atoms with Gasteiger partial charge in [-0.05, 0) is 68.0 Å². The van der Waals surface area contributed by atoms with Crippen molar-refractivity contribution in [3.8, 4) is 5.75 Å². The lowest BCUT2D eigenvalue weighted by molar-refractivity contribution is -0.116. The van der Waals surface area contributed by atoms with Crippen LogP contribution >= 0.6 is 0 Å². The minimum Gasteiger partial charge on any atom is -0.493 e. The molecule has 0 fully saturated rings. The lowest BCUT2D eigenvalue weighted by Crippen LogP contribution is -2.22. The summed E-state index contributed by atoms with van der Waals surface area (Å²) in [5, 5.41) is 2.98. The predicted molar refractivity (Wildman–Crippen MR) is 147 cm³/mol. The number of nitrogens with one attached hydrogen (secondary N) is 1. The third-order valence-corrected chi connectivity index (χ3v) is 6.27. The molecule has 0 bridgehead atoms. The van der Waals surface area contributed by atoms with Crippen molar-refractivity contribution in [3.05, 3.63) is 101 Å². The first-order chi connectivity index (χ1) is 17.6. The lowest BCUT2D eigenvalue weighted by Gasteiger charge is -2.13. The maximum Gasteiger partial charge on any atom is 0.243 e. The van der Waals surface area contributed by atoms with Crippen LogP contribution in [0.25, 0.3) is 17.1 Å². The van der Waals surface area contributed by atoms with Crippen molar-refractivity contribution in [2.75, 3.05) is 13.2 Å². The number of nitrogens with zero attached hydrogens (tertiary/aromatic N) is 2. The summed E-state index contributed by atoms with van der Waals surface area (Å²) in [6.07, 6.45) is 7.06. The molecule has 5 nitrogen and oxygen atoms in total. The molecule has 3 aromatic carbocycles. The Hall–Kier alpha value is -3.86. The van der Waals surface area contributed by atoms with Crippen LogP contribution in [0.4, 0.5) is 0 Å². The number of fused-ring (bicyclic) bond motifs is 1. The van der Waals surface area contributed by atoms with Gasteiger partial charge in [-0.3, -0.25) is 4.79 Å². The molecule has 0 unspecified atom stereocenters. The highest BCUT2D eigenvalue weighted by Gasteiger charge is 2.10. The molecule has 186 valence electrons. The highest BCUT2D eigenvalue weighted by molar-refractivity contribution is 5.91. The van der Waals surface area contributed by atoms with Crippen molar-refractivity contribution in [2.45, 2.75) is 46.1 Å². The monoisotopic (exact) mass is 481 g/mol. The van der Waals surface area contributed by atoms with Gasteiger partial charge in [-0.25, -0.2) is 4.98 Å². The molecule has 0 radical (unpaired) electrons. The Bertz CT molecular complexity index is 1290. The van der Waals surface area contributed by atoms with Crippen LogP contribution in [-0.4, -0.2) is 28.6 Å². The summed E-state index contributed by atoms with van der Waals surface area (Å²) in [6, 6.07) is 24.4. The fourth-order valence-electron chi connectivity index (χ4n) is 4.39. The number of hydrogen-bond acceptors (Lipinski definition) is 3. The molecule has 4 rings (SSSR count). The first kappa shape index (κ1) is 25.2. The van der Waals surface area contributed by atoms with Crippen LogP contribution in [0.1, 0.15) is 41.8 Å². The first-order valence-electron chi connectivity index (χ1n) is 12.8. The summed E-state index contributed by atoms with van der Waals surface area (Å²) in [5.74, 6) is 2.00. The van der Waals surface area contributed by atoms with Gasteiger partial charge in [0.15, 0.2) is 0 Å². The van der Waals surface area contributed by atoms with Gasteiger partial charge in [0, 0.05) is 25.6 Å². The number of carbonyl (C=O) groups excluding carboxylic acids is 1. The summed E-state index contributed by atoms with van der Waals surface area (Å²) >= 11 is 0. The van der Waals surface area contributed by atoms with Gasteiger partial charge in [-0.2, -0.15) is 0 Å². The van der Waals surface area contributed by atoms with E-state index >= 15 is 0 Å². The summed E-state index contributed by atoms with van der Waals surface area (Å²) in [5.41, 5.74) is 5.56. The summed E-state index contributed by atoms with van der Waals surface area (Å²) < 4.78 is 8.41. The van der Waals surface area contributed by atoms with Crippen molar-refractivity contribution in [3.63, 3.8) is 0 Å². The van der Waals surface area contributed by atoms with E-state index < -0.39 is 0 Å². The Morgan fingerprint density at radius 2 is 1.67 bits per heavy atom. The number of hydrogen-bond donors (Lipinski definition) is 1. The number of ether oxygens (including phenoxy) is 1. The fraction of sp³-hybridized carbons (Fsp3) is 0.290. The molecule has 1 N–H and O–H groups in total. The average molecular weight is 482 g/mol. The van der Waals surface area contributed by atoms with Gasteiger partial charge in [0.2, 0.25) is 5.91 Å². The Kier molecular flexibility index (Phi) is 8.92. The highest BCUT2D eigenvalue weighted by Crippen LogP contribution is 2.23. The molecular weight excluding hydrogens is 446 g/mol. The third kappa shape index (κ3) is 6.85. The number of benzene rings is 3. The zero-order valence-electron chi connectivity index (χ0n) is 21.2. The van der Waals surface area contributed by atoms with E-state index in [9.17, 15) is 4.79 Å². The van der Waals surface area contributed by atoms with Crippen LogP contribution in [0.15, 0.2) is 78.9 Å². The van der Waals surface area contributed by atoms with E-state index in [0.29, 0.717) is 13.2 Å². The molecule has 0 atom stereocenters. The van der Waals surface area contributed by atoms with Gasteiger partial charge >= 0.3 is 0 Å².